The Kier molecular flexibility index (Phi) is 10.2. The van der Waals surface area contributed by atoms with Crippen molar-refractivity contribution in [2.45, 2.75) is 84.0 Å². The molecule has 1 aromatic rings. The lowest BCUT2D eigenvalue weighted by molar-refractivity contribution is -0.166. The van der Waals surface area contributed by atoms with E-state index in [9.17, 15) is 24.3 Å². The molecular weight excluding hydrogens is 450 g/mol. The number of hydrogen-bond acceptors (Lipinski definition) is 6. The minimum Gasteiger partial charge on any atom is -0.480 e. The molecule has 1 aliphatic heterocycles. The Bertz CT molecular complexity index is 888. The van der Waals surface area contributed by atoms with Gasteiger partial charge >= 0.3 is 11.9 Å². The second-order valence-electron chi connectivity index (χ2n) is 9.60. The molecule has 194 valence electrons. The number of hydrogen-bond donors (Lipinski definition) is 2. The third-order valence-corrected chi connectivity index (χ3v) is 6.41. The van der Waals surface area contributed by atoms with E-state index in [1.165, 1.54) is 9.80 Å². The zero-order valence-electron chi connectivity index (χ0n) is 21.3. The first-order valence-electron chi connectivity index (χ1n) is 12.3. The number of carboxylic acid groups (broad SMARTS) is 1. The van der Waals surface area contributed by atoms with Crippen molar-refractivity contribution in [2.24, 2.45) is 11.7 Å². The van der Waals surface area contributed by atoms with Crippen LogP contribution < -0.4 is 5.73 Å². The Morgan fingerprint density at radius 2 is 1.77 bits per heavy atom. The molecule has 9 heteroatoms. The average Bonchev–Trinajstić information content (AvgIpc) is 3.30. The van der Waals surface area contributed by atoms with E-state index in [0.717, 1.165) is 5.56 Å². The van der Waals surface area contributed by atoms with Gasteiger partial charge in [-0.25, -0.2) is 9.59 Å². The van der Waals surface area contributed by atoms with Gasteiger partial charge in [0.25, 0.3) is 0 Å². The smallest absolute Gasteiger partial charge is 0.329 e. The largest absolute Gasteiger partial charge is 0.480 e. The number of nitrogens with two attached hydrogens (primary N) is 1. The molecule has 0 aromatic heterocycles. The van der Waals surface area contributed by atoms with E-state index in [2.05, 4.69) is 0 Å². The topological polar surface area (TPSA) is 130 Å². The van der Waals surface area contributed by atoms with E-state index < -0.39 is 47.9 Å². The number of esters is 1. The number of carbonyl (C=O) groups excluding carboxylic acids is 3. The predicted molar refractivity (Wildman–Crippen MR) is 131 cm³/mol. The Labute approximate surface area is 207 Å². The highest BCUT2D eigenvalue weighted by Crippen LogP contribution is 2.31. The molecule has 2 unspecified atom stereocenters. The second kappa shape index (κ2) is 12.7. The van der Waals surface area contributed by atoms with Crippen LogP contribution in [0, 0.1) is 5.92 Å². The molecule has 1 heterocycles. The van der Waals surface area contributed by atoms with Gasteiger partial charge in [-0.1, -0.05) is 51.1 Å². The van der Waals surface area contributed by atoms with Crippen LogP contribution in [0.1, 0.15) is 65.4 Å². The molecule has 0 radical (unpaired) electrons. The number of rotatable bonds is 11. The monoisotopic (exact) mass is 489 g/mol. The van der Waals surface area contributed by atoms with Crippen molar-refractivity contribution in [3.8, 4) is 0 Å². The van der Waals surface area contributed by atoms with Crippen LogP contribution in [-0.4, -0.2) is 76.0 Å². The molecule has 0 saturated carbocycles. The second-order valence-corrected chi connectivity index (χ2v) is 9.60. The van der Waals surface area contributed by atoms with Gasteiger partial charge in [0.1, 0.15) is 18.1 Å². The van der Waals surface area contributed by atoms with E-state index in [1.54, 1.807) is 20.8 Å². The van der Waals surface area contributed by atoms with E-state index in [4.69, 9.17) is 10.5 Å². The zero-order chi connectivity index (χ0) is 26.3. The Hall–Kier alpha value is -2.94. The molecule has 1 aromatic carbocycles. The number of carboxylic acids is 1. The maximum atomic E-state index is 14.1. The zero-order valence-corrected chi connectivity index (χ0v) is 21.3. The van der Waals surface area contributed by atoms with Gasteiger partial charge in [-0.2, -0.15) is 0 Å². The van der Waals surface area contributed by atoms with Crippen LogP contribution in [0.15, 0.2) is 30.3 Å². The fourth-order valence-corrected chi connectivity index (χ4v) is 4.71. The average molecular weight is 490 g/mol. The predicted octanol–water partition coefficient (Wildman–Crippen LogP) is 2.39. The molecular formula is C26H39N3O6. The van der Waals surface area contributed by atoms with Gasteiger partial charge in [-0.3, -0.25) is 9.59 Å². The lowest BCUT2D eigenvalue weighted by Crippen LogP contribution is -2.61. The summed E-state index contributed by atoms with van der Waals surface area (Å²) in [6.07, 6.45) is 1.10. The van der Waals surface area contributed by atoms with E-state index in [0.29, 0.717) is 19.4 Å². The van der Waals surface area contributed by atoms with Crippen molar-refractivity contribution in [3.63, 3.8) is 0 Å². The maximum Gasteiger partial charge on any atom is 0.329 e. The molecule has 2 rings (SSSR count). The van der Waals surface area contributed by atoms with E-state index in [-0.39, 0.29) is 24.9 Å². The van der Waals surface area contributed by atoms with Crippen molar-refractivity contribution < 1.29 is 29.0 Å². The molecule has 5 atom stereocenters. The molecule has 3 N–H and O–H groups in total. The molecule has 9 nitrogen and oxygen atoms in total. The van der Waals surface area contributed by atoms with Crippen LogP contribution in [0.4, 0.5) is 0 Å². The first-order valence-corrected chi connectivity index (χ1v) is 12.3. The fraction of sp³-hybridized carbons (Fsp3) is 0.615. The number of likely N-dealkylation sites (tertiary alicyclic amines) is 1. The third kappa shape index (κ3) is 6.81. The number of aliphatic carboxylic acids is 1. The van der Waals surface area contributed by atoms with Crippen LogP contribution in [0.2, 0.25) is 0 Å². The van der Waals surface area contributed by atoms with Crippen molar-refractivity contribution in [1.82, 2.24) is 9.80 Å². The van der Waals surface area contributed by atoms with Crippen molar-refractivity contribution in [2.75, 3.05) is 13.2 Å². The molecule has 0 aliphatic carbocycles. The number of amides is 2. The summed E-state index contributed by atoms with van der Waals surface area (Å²) in [6.45, 7) is 9.16. The van der Waals surface area contributed by atoms with Crippen LogP contribution in [0.3, 0.4) is 0 Å². The first-order chi connectivity index (χ1) is 16.5. The molecule has 0 spiro atoms. The third-order valence-electron chi connectivity index (χ3n) is 6.41. The molecule has 0 bridgehead atoms. The van der Waals surface area contributed by atoms with Gasteiger partial charge in [0.05, 0.1) is 12.6 Å². The van der Waals surface area contributed by atoms with Crippen molar-refractivity contribution >= 4 is 23.8 Å². The standard InChI is InChI=1S/C26H39N3O6/c1-6-35-26(34)22(17(4)19-11-8-7-9-12-19)29(21(25(32)33)15-16(2)3)24(31)20-13-10-14-28(20)23(30)18(5)27/h7-9,11-12,16-18,20-22H,6,10,13-15,27H2,1-5H3,(H,32,33)/t17?,18-,20-,21-,22?/m0/s1. The minimum atomic E-state index is -1.27. The van der Waals surface area contributed by atoms with Gasteiger partial charge in [0.15, 0.2) is 0 Å². The molecule has 1 aliphatic rings. The number of benzene rings is 1. The number of ether oxygens (including phenoxy) is 1. The summed E-state index contributed by atoms with van der Waals surface area (Å²) in [5, 5.41) is 10.2. The maximum absolute atomic E-state index is 14.1. The summed E-state index contributed by atoms with van der Waals surface area (Å²) in [6, 6.07) is 5.01. The van der Waals surface area contributed by atoms with E-state index in [1.807, 2.05) is 44.2 Å². The van der Waals surface area contributed by atoms with Gasteiger partial charge in [0, 0.05) is 12.5 Å². The fourth-order valence-electron chi connectivity index (χ4n) is 4.71. The molecule has 1 saturated heterocycles. The summed E-state index contributed by atoms with van der Waals surface area (Å²) in [5.41, 5.74) is 6.59. The van der Waals surface area contributed by atoms with Crippen molar-refractivity contribution in [1.29, 1.82) is 0 Å². The van der Waals surface area contributed by atoms with Gasteiger partial charge in [-0.05, 0) is 44.6 Å². The van der Waals surface area contributed by atoms with E-state index >= 15 is 0 Å². The molecule has 1 fully saturated rings. The lowest BCUT2D eigenvalue weighted by atomic mass is 9.89. The first kappa shape index (κ1) is 28.3. The normalized spacial score (nSPS) is 19.1. The summed E-state index contributed by atoms with van der Waals surface area (Å²) in [4.78, 5) is 55.3. The quantitative estimate of drug-likeness (QED) is 0.456. The lowest BCUT2D eigenvalue weighted by Gasteiger charge is -2.41. The van der Waals surface area contributed by atoms with Gasteiger partial charge in [-0.15, -0.1) is 0 Å². The Morgan fingerprint density at radius 1 is 1.14 bits per heavy atom. The number of nitrogens with zero attached hydrogens (tertiary/aromatic N) is 2. The summed E-state index contributed by atoms with van der Waals surface area (Å²) in [7, 11) is 0. The Balaban J connectivity index is 2.64. The minimum absolute atomic E-state index is 0.0633. The SMILES string of the molecule is CCOC(=O)C(C(C)c1ccccc1)N(C(=O)[C@@H]1CCCN1C(=O)[C@H](C)N)[C@@H](CC(C)C)C(=O)O. The van der Waals surface area contributed by atoms with Crippen molar-refractivity contribution in [3.05, 3.63) is 35.9 Å². The number of carbonyl (C=O) groups is 4. The molecule has 2 amide bonds. The van der Waals surface area contributed by atoms with Gasteiger partial charge in [0.2, 0.25) is 11.8 Å². The van der Waals surface area contributed by atoms with Gasteiger partial charge < -0.3 is 25.4 Å². The summed E-state index contributed by atoms with van der Waals surface area (Å²) >= 11 is 0. The summed E-state index contributed by atoms with van der Waals surface area (Å²) in [5.74, 6) is -3.43. The summed E-state index contributed by atoms with van der Waals surface area (Å²) < 4.78 is 5.36. The van der Waals surface area contributed by atoms with Crippen LogP contribution in [-0.2, 0) is 23.9 Å². The van der Waals surface area contributed by atoms with Crippen LogP contribution in [0.25, 0.3) is 0 Å². The highest BCUT2D eigenvalue weighted by molar-refractivity contribution is 5.95. The highest BCUT2D eigenvalue weighted by atomic mass is 16.5. The molecule has 35 heavy (non-hydrogen) atoms. The van der Waals surface area contributed by atoms with Crippen LogP contribution in [0.5, 0.6) is 0 Å². The highest BCUT2D eigenvalue weighted by Gasteiger charge is 2.47. The van der Waals surface area contributed by atoms with Crippen LogP contribution >= 0.6 is 0 Å². The Morgan fingerprint density at radius 3 is 2.29 bits per heavy atom.